The smallest absolute Gasteiger partial charge is 0.363 e. The van der Waals surface area contributed by atoms with Crippen LogP contribution in [-0.4, -0.2) is 55.2 Å². The van der Waals surface area contributed by atoms with E-state index < -0.39 is 17.6 Å². The van der Waals surface area contributed by atoms with E-state index in [1.165, 1.54) is 18.2 Å². The number of amides is 1. The standard InChI is InChI=1S/C16H21F3N4OS/c1-2-20-15(25)23-9-7-22(8-10-23)11-14(24)21-13-6-4-3-5-12(13)16(17,18)19/h3-6H,2,7-11H2,1H3,(H,20,25)(H,21,24)/p+1. The molecule has 1 saturated heterocycles. The summed E-state index contributed by atoms with van der Waals surface area (Å²) in [5, 5.41) is 6.17. The Morgan fingerprint density at radius 2 is 1.92 bits per heavy atom. The van der Waals surface area contributed by atoms with Gasteiger partial charge in [0.25, 0.3) is 5.91 Å². The van der Waals surface area contributed by atoms with Crippen molar-refractivity contribution in [1.29, 1.82) is 0 Å². The zero-order chi connectivity index (χ0) is 18.4. The summed E-state index contributed by atoms with van der Waals surface area (Å²) in [6.45, 7) is 5.71. The van der Waals surface area contributed by atoms with Crippen LogP contribution in [0.4, 0.5) is 18.9 Å². The van der Waals surface area contributed by atoms with Gasteiger partial charge in [0, 0.05) is 6.54 Å². The molecular formula is C16H22F3N4OS+. The quantitative estimate of drug-likeness (QED) is 0.680. The molecule has 0 radical (unpaired) electrons. The fourth-order valence-electron chi connectivity index (χ4n) is 2.73. The van der Waals surface area contributed by atoms with E-state index in [2.05, 4.69) is 10.6 Å². The van der Waals surface area contributed by atoms with E-state index >= 15 is 0 Å². The normalized spacial score (nSPS) is 15.8. The summed E-state index contributed by atoms with van der Waals surface area (Å²) < 4.78 is 38.9. The molecule has 1 aromatic rings. The highest BCUT2D eigenvalue weighted by molar-refractivity contribution is 7.80. The largest absolute Gasteiger partial charge is 0.418 e. The molecule has 1 aromatic carbocycles. The second-order valence-electron chi connectivity index (χ2n) is 5.84. The van der Waals surface area contributed by atoms with Gasteiger partial charge in [-0.15, -0.1) is 0 Å². The van der Waals surface area contributed by atoms with E-state index in [0.717, 1.165) is 17.5 Å². The van der Waals surface area contributed by atoms with Crippen molar-refractivity contribution in [2.24, 2.45) is 0 Å². The van der Waals surface area contributed by atoms with Gasteiger partial charge in [-0.2, -0.15) is 13.2 Å². The summed E-state index contributed by atoms with van der Waals surface area (Å²) >= 11 is 5.26. The summed E-state index contributed by atoms with van der Waals surface area (Å²) in [5.74, 6) is -0.422. The summed E-state index contributed by atoms with van der Waals surface area (Å²) in [6.07, 6.45) is -4.50. The lowest BCUT2D eigenvalue weighted by Gasteiger charge is -2.33. The van der Waals surface area contributed by atoms with Gasteiger partial charge in [-0.1, -0.05) is 12.1 Å². The fraction of sp³-hybridized carbons (Fsp3) is 0.500. The predicted molar refractivity (Wildman–Crippen MR) is 93.5 cm³/mol. The molecule has 3 N–H and O–H groups in total. The Balaban J connectivity index is 1.87. The number of hydrogen-bond acceptors (Lipinski definition) is 2. The van der Waals surface area contributed by atoms with E-state index in [9.17, 15) is 18.0 Å². The number of alkyl halides is 3. The molecule has 1 aliphatic heterocycles. The van der Waals surface area contributed by atoms with Crippen LogP contribution in [0.5, 0.6) is 0 Å². The summed E-state index contributed by atoms with van der Waals surface area (Å²) in [6, 6.07) is 5.00. The average Bonchev–Trinajstić information content (AvgIpc) is 2.55. The van der Waals surface area contributed by atoms with E-state index in [0.29, 0.717) is 31.3 Å². The predicted octanol–water partition coefficient (Wildman–Crippen LogP) is 0.739. The summed E-state index contributed by atoms with van der Waals surface area (Å²) in [5.41, 5.74) is -1.04. The number of benzene rings is 1. The van der Waals surface area contributed by atoms with E-state index in [-0.39, 0.29) is 12.2 Å². The topological polar surface area (TPSA) is 48.8 Å². The van der Waals surface area contributed by atoms with Crippen molar-refractivity contribution in [3.63, 3.8) is 0 Å². The maximum atomic E-state index is 13.0. The molecule has 9 heteroatoms. The monoisotopic (exact) mass is 375 g/mol. The van der Waals surface area contributed by atoms with E-state index in [4.69, 9.17) is 12.2 Å². The molecule has 0 unspecified atom stereocenters. The molecular weight excluding hydrogens is 353 g/mol. The van der Waals surface area contributed by atoms with Crippen LogP contribution >= 0.6 is 12.2 Å². The molecule has 1 fully saturated rings. The summed E-state index contributed by atoms with van der Waals surface area (Å²) in [7, 11) is 0. The number of piperazine rings is 1. The Morgan fingerprint density at radius 1 is 1.28 bits per heavy atom. The Hall–Kier alpha value is -1.87. The summed E-state index contributed by atoms with van der Waals surface area (Å²) in [4.78, 5) is 15.2. The first-order valence-electron chi connectivity index (χ1n) is 8.13. The number of para-hydroxylation sites is 1. The van der Waals surface area contributed by atoms with Crippen LogP contribution in [0.25, 0.3) is 0 Å². The number of carbonyl (C=O) groups excluding carboxylic acids is 1. The SMILES string of the molecule is CCNC(=S)N1CC[NH+](CC(=O)Nc2ccccc2C(F)(F)F)CC1. The maximum Gasteiger partial charge on any atom is 0.418 e. The molecule has 0 saturated carbocycles. The Labute approximate surface area is 150 Å². The minimum absolute atomic E-state index is 0.133. The number of nitrogens with zero attached hydrogens (tertiary/aromatic N) is 1. The number of halogens is 3. The number of thiocarbonyl (C=S) groups is 1. The lowest BCUT2D eigenvalue weighted by molar-refractivity contribution is -0.895. The molecule has 1 aliphatic rings. The maximum absolute atomic E-state index is 13.0. The highest BCUT2D eigenvalue weighted by Gasteiger charge is 2.34. The molecule has 2 rings (SSSR count). The lowest BCUT2D eigenvalue weighted by Crippen LogP contribution is -3.15. The zero-order valence-corrected chi connectivity index (χ0v) is 14.8. The van der Waals surface area contributed by atoms with Gasteiger partial charge in [0.15, 0.2) is 11.7 Å². The zero-order valence-electron chi connectivity index (χ0n) is 13.9. The highest BCUT2D eigenvalue weighted by Crippen LogP contribution is 2.34. The molecule has 5 nitrogen and oxygen atoms in total. The second-order valence-corrected chi connectivity index (χ2v) is 6.23. The van der Waals surface area contributed by atoms with Gasteiger partial charge in [-0.25, -0.2) is 0 Å². The van der Waals surface area contributed by atoms with Crippen LogP contribution in [0.15, 0.2) is 24.3 Å². The Morgan fingerprint density at radius 3 is 2.52 bits per heavy atom. The Bertz CT molecular complexity index is 616. The van der Waals surface area contributed by atoms with Gasteiger partial charge in [0.05, 0.1) is 37.4 Å². The molecule has 1 amide bonds. The first-order valence-corrected chi connectivity index (χ1v) is 8.54. The third-order valence-electron chi connectivity index (χ3n) is 4.00. The molecule has 25 heavy (non-hydrogen) atoms. The lowest BCUT2D eigenvalue weighted by atomic mass is 10.1. The first kappa shape index (κ1) is 19.5. The average molecular weight is 375 g/mol. The van der Waals surface area contributed by atoms with Gasteiger partial charge in [-0.3, -0.25) is 4.79 Å². The van der Waals surface area contributed by atoms with E-state index in [1.54, 1.807) is 0 Å². The Kier molecular flexibility index (Phi) is 6.60. The second kappa shape index (κ2) is 8.48. The van der Waals surface area contributed by atoms with Gasteiger partial charge in [0.1, 0.15) is 0 Å². The number of anilines is 1. The van der Waals surface area contributed by atoms with Gasteiger partial charge >= 0.3 is 6.18 Å². The third kappa shape index (κ3) is 5.57. The molecule has 0 atom stereocenters. The fourth-order valence-corrected chi connectivity index (χ4v) is 3.05. The first-order chi connectivity index (χ1) is 11.8. The van der Waals surface area contributed by atoms with Gasteiger partial charge in [-0.05, 0) is 31.3 Å². The number of nitrogens with one attached hydrogen (secondary N) is 3. The van der Waals surface area contributed by atoms with Crippen molar-refractivity contribution in [1.82, 2.24) is 10.2 Å². The van der Waals surface area contributed by atoms with E-state index in [1.807, 2.05) is 11.8 Å². The molecule has 0 spiro atoms. The van der Waals surface area contributed by atoms with Crippen LogP contribution < -0.4 is 15.5 Å². The number of carbonyl (C=O) groups is 1. The molecule has 1 heterocycles. The van der Waals surface area contributed by atoms with Crippen LogP contribution in [-0.2, 0) is 11.0 Å². The number of rotatable bonds is 4. The minimum Gasteiger partial charge on any atom is -0.363 e. The molecule has 0 aromatic heterocycles. The van der Waals surface area contributed by atoms with Crippen molar-refractivity contribution < 1.29 is 22.9 Å². The van der Waals surface area contributed by atoms with Crippen LogP contribution in [0.1, 0.15) is 12.5 Å². The van der Waals surface area contributed by atoms with Gasteiger partial charge < -0.3 is 20.4 Å². The molecule has 0 bridgehead atoms. The number of quaternary nitrogens is 1. The van der Waals surface area contributed by atoms with Crippen molar-refractivity contribution in [3.05, 3.63) is 29.8 Å². The van der Waals surface area contributed by atoms with Crippen LogP contribution in [0.2, 0.25) is 0 Å². The minimum atomic E-state index is -4.50. The van der Waals surface area contributed by atoms with Gasteiger partial charge in [0.2, 0.25) is 0 Å². The van der Waals surface area contributed by atoms with Crippen molar-refractivity contribution in [2.45, 2.75) is 13.1 Å². The highest BCUT2D eigenvalue weighted by atomic mass is 32.1. The molecule has 138 valence electrons. The third-order valence-corrected chi connectivity index (χ3v) is 4.41. The van der Waals surface area contributed by atoms with Crippen molar-refractivity contribution in [3.8, 4) is 0 Å². The van der Waals surface area contributed by atoms with Crippen molar-refractivity contribution in [2.75, 3.05) is 44.6 Å². The molecule has 0 aliphatic carbocycles. The van der Waals surface area contributed by atoms with Crippen LogP contribution in [0, 0.1) is 0 Å². The van der Waals surface area contributed by atoms with Crippen LogP contribution in [0.3, 0.4) is 0 Å². The van der Waals surface area contributed by atoms with Crippen molar-refractivity contribution >= 4 is 28.9 Å². The number of hydrogen-bond donors (Lipinski definition) is 3.